The van der Waals surface area contributed by atoms with E-state index in [4.69, 9.17) is 0 Å². The van der Waals surface area contributed by atoms with Crippen molar-refractivity contribution in [3.05, 3.63) is 65.2 Å². The number of carbonyl (C=O) groups is 2. The Hall–Kier alpha value is -3.13. The molecule has 3 rings (SSSR count). The van der Waals surface area contributed by atoms with Crippen LogP contribution < -0.4 is 4.90 Å². The summed E-state index contributed by atoms with van der Waals surface area (Å²) < 4.78 is 34.7. The van der Waals surface area contributed by atoms with Gasteiger partial charge in [0.2, 0.25) is 9.84 Å². The van der Waals surface area contributed by atoms with E-state index in [9.17, 15) is 18.0 Å². The number of methoxy groups -OCH3 is 2. The molecule has 0 bridgehead atoms. The lowest BCUT2D eigenvalue weighted by Gasteiger charge is -2.28. The first kappa shape index (κ1) is 17.7. The summed E-state index contributed by atoms with van der Waals surface area (Å²) in [6.45, 7) is 0. The van der Waals surface area contributed by atoms with E-state index < -0.39 is 26.7 Å². The quantitative estimate of drug-likeness (QED) is 0.763. The van der Waals surface area contributed by atoms with Gasteiger partial charge in [-0.05, 0) is 36.4 Å². The van der Waals surface area contributed by atoms with Gasteiger partial charge in [-0.15, -0.1) is 0 Å². The number of benzene rings is 2. The molecule has 2 aromatic rings. The van der Waals surface area contributed by atoms with E-state index in [0.29, 0.717) is 16.9 Å². The number of anilines is 2. The zero-order chi connectivity index (χ0) is 18.9. The average Bonchev–Trinajstić information content (AvgIpc) is 2.67. The first-order chi connectivity index (χ1) is 12.4. The second-order valence-corrected chi connectivity index (χ2v) is 7.25. The van der Waals surface area contributed by atoms with Crippen LogP contribution in [-0.4, -0.2) is 34.6 Å². The highest BCUT2D eigenvalue weighted by Crippen LogP contribution is 2.39. The molecule has 0 amide bonds. The van der Waals surface area contributed by atoms with Crippen molar-refractivity contribution in [2.24, 2.45) is 0 Å². The van der Waals surface area contributed by atoms with Crippen LogP contribution in [0.2, 0.25) is 0 Å². The second-order valence-electron chi connectivity index (χ2n) is 5.36. The van der Waals surface area contributed by atoms with Crippen LogP contribution in [0.25, 0.3) is 0 Å². The zero-order valence-corrected chi connectivity index (χ0v) is 14.8. The molecule has 0 atom stereocenters. The highest BCUT2D eigenvalue weighted by Gasteiger charge is 2.36. The molecule has 0 aromatic heterocycles. The fourth-order valence-corrected chi connectivity index (χ4v) is 4.09. The van der Waals surface area contributed by atoms with Gasteiger partial charge in [-0.1, -0.05) is 12.1 Å². The van der Waals surface area contributed by atoms with Gasteiger partial charge in [0, 0.05) is 11.9 Å². The summed E-state index contributed by atoms with van der Waals surface area (Å²) in [6.07, 6.45) is 1.22. The molecule has 1 heterocycles. The van der Waals surface area contributed by atoms with Crippen molar-refractivity contribution in [2.45, 2.75) is 4.90 Å². The number of rotatable bonds is 3. The fourth-order valence-electron chi connectivity index (χ4n) is 2.61. The molecule has 8 heteroatoms. The molecular formula is C18H15NO6S. The minimum atomic E-state index is -3.99. The van der Waals surface area contributed by atoms with E-state index in [1.54, 1.807) is 47.4 Å². The lowest BCUT2D eigenvalue weighted by molar-refractivity contribution is -0.135. The van der Waals surface area contributed by atoms with Crippen LogP contribution in [0.15, 0.2) is 64.5 Å². The molecule has 0 aliphatic carbocycles. The monoisotopic (exact) mass is 373 g/mol. The summed E-state index contributed by atoms with van der Waals surface area (Å²) in [5, 5.41) is 0. The standard InChI is InChI=1S/C18H15NO6S/c1-24-17(20)12-7-9-13(10-8-12)19-11-16(18(21)25-2)26(22,23)15-6-4-3-5-14(15)19/h3-11H,1-2H3. The van der Waals surface area contributed by atoms with Gasteiger partial charge in [-0.3, -0.25) is 0 Å². The SMILES string of the molecule is COC(=O)C1=CN(c2ccc(C(=O)OC)cc2)c2ccccc2S1(=O)=O. The van der Waals surface area contributed by atoms with Crippen LogP contribution in [0.3, 0.4) is 0 Å². The smallest absolute Gasteiger partial charge is 0.351 e. The van der Waals surface area contributed by atoms with Crippen molar-refractivity contribution in [3.63, 3.8) is 0 Å². The van der Waals surface area contributed by atoms with Gasteiger partial charge in [-0.25, -0.2) is 18.0 Å². The number of carbonyl (C=O) groups excluding carboxylic acids is 2. The molecule has 134 valence electrons. The molecule has 26 heavy (non-hydrogen) atoms. The predicted molar refractivity (Wildman–Crippen MR) is 93.6 cm³/mol. The van der Waals surface area contributed by atoms with Gasteiger partial charge in [0.1, 0.15) is 0 Å². The zero-order valence-electron chi connectivity index (χ0n) is 14.0. The number of hydrogen-bond donors (Lipinski definition) is 0. The minimum absolute atomic E-state index is 0.0000514. The van der Waals surface area contributed by atoms with E-state index in [-0.39, 0.29) is 4.90 Å². The number of fused-ring (bicyclic) bond motifs is 1. The van der Waals surface area contributed by atoms with Gasteiger partial charge in [0.25, 0.3) is 0 Å². The number of ether oxygens (including phenoxy) is 2. The topological polar surface area (TPSA) is 90.0 Å². The third-order valence-electron chi connectivity index (χ3n) is 3.90. The normalized spacial score (nSPS) is 14.8. The lowest BCUT2D eigenvalue weighted by atomic mass is 10.2. The summed E-state index contributed by atoms with van der Waals surface area (Å²) >= 11 is 0. The fraction of sp³-hybridized carbons (Fsp3) is 0.111. The van der Waals surface area contributed by atoms with E-state index in [1.807, 2.05) is 0 Å². The highest BCUT2D eigenvalue weighted by molar-refractivity contribution is 7.96. The molecule has 2 aromatic carbocycles. The van der Waals surface area contributed by atoms with Crippen molar-refractivity contribution in [1.82, 2.24) is 0 Å². The highest BCUT2D eigenvalue weighted by atomic mass is 32.2. The number of hydrogen-bond acceptors (Lipinski definition) is 7. The Morgan fingerprint density at radius 3 is 2.12 bits per heavy atom. The molecule has 0 fully saturated rings. The Bertz CT molecular complexity index is 1010. The van der Waals surface area contributed by atoms with Crippen molar-refractivity contribution in [2.75, 3.05) is 19.1 Å². The second kappa shape index (κ2) is 6.64. The maximum atomic E-state index is 12.7. The van der Waals surface area contributed by atoms with Crippen molar-refractivity contribution >= 4 is 33.2 Å². The minimum Gasteiger partial charge on any atom is -0.465 e. The predicted octanol–water partition coefficient (Wildman–Crippen LogP) is 2.41. The number of sulfone groups is 1. The number of esters is 2. The first-order valence-electron chi connectivity index (χ1n) is 7.52. The van der Waals surface area contributed by atoms with Crippen LogP contribution in [0.5, 0.6) is 0 Å². The van der Waals surface area contributed by atoms with E-state index in [2.05, 4.69) is 9.47 Å². The molecule has 1 aliphatic rings. The largest absolute Gasteiger partial charge is 0.465 e. The molecule has 0 saturated heterocycles. The Morgan fingerprint density at radius 2 is 1.50 bits per heavy atom. The summed E-state index contributed by atoms with van der Waals surface area (Å²) in [7, 11) is -1.59. The van der Waals surface area contributed by atoms with E-state index in [1.165, 1.54) is 19.4 Å². The molecular weight excluding hydrogens is 358 g/mol. The van der Waals surface area contributed by atoms with Crippen LogP contribution in [0.4, 0.5) is 11.4 Å². The third kappa shape index (κ3) is 2.84. The molecule has 7 nitrogen and oxygen atoms in total. The number of para-hydroxylation sites is 1. The Kier molecular flexibility index (Phi) is 4.52. The van der Waals surface area contributed by atoms with Crippen molar-refractivity contribution < 1.29 is 27.5 Å². The lowest BCUT2D eigenvalue weighted by Crippen LogP contribution is -2.26. The van der Waals surface area contributed by atoms with Gasteiger partial charge < -0.3 is 14.4 Å². The Balaban J connectivity index is 2.16. The first-order valence-corrected chi connectivity index (χ1v) is 9.00. The van der Waals surface area contributed by atoms with Crippen LogP contribution in [0, 0.1) is 0 Å². The van der Waals surface area contributed by atoms with Gasteiger partial charge in [-0.2, -0.15) is 0 Å². The van der Waals surface area contributed by atoms with Crippen LogP contribution in [-0.2, 0) is 24.1 Å². The number of nitrogens with zero attached hydrogens (tertiary/aromatic N) is 1. The molecule has 0 N–H and O–H groups in total. The van der Waals surface area contributed by atoms with Crippen molar-refractivity contribution in [1.29, 1.82) is 0 Å². The maximum absolute atomic E-state index is 12.7. The Labute approximate surface area is 150 Å². The average molecular weight is 373 g/mol. The van der Waals surface area contributed by atoms with Crippen molar-refractivity contribution in [3.8, 4) is 0 Å². The summed E-state index contributed by atoms with van der Waals surface area (Å²) in [6, 6.07) is 12.7. The summed E-state index contributed by atoms with van der Waals surface area (Å²) in [5.74, 6) is -1.43. The summed E-state index contributed by atoms with van der Waals surface area (Å²) in [5.41, 5.74) is 1.32. The van der Waals surface area contributed by atoms with Gasteiger partial charge >= 0.3 is 11.9 Å². The van der Waals surface area contributed by atoms with Crippen LogP contribution in [0.1, 0.15) is 10.4 Å². The maximum Gasteiger partial charge on any atom is 0.351 e. The molecule has 0 spiro atoms. The molecule has 0 unspecified atom stereocenters. The van der Waals surface area contributed by atoms with E-state index in [0.717, 1.165) is 7.11 Å². The van der Waals surface area contributed by atoms with Gasteiger partial charge in [0.15, 0.2) is 4.91 Å². The Morgan fingerprint density at radius 1 is 0.885 bits per heavy atom. The molecule has 0 radical (unpaired) electrons. The molecule has 1 aliphatic heterocycles. The van der Waals surface area contributed by atoms with Crippen LogP contribution >= 0.6 is 0 Å². The van der Waals surface area contributed by atoms with E-state index >= 15 is 0 Å². The van der Waals surface area contributed by atoms with Gasteiger partial charge in [0.05, 0.1) is 30.4 Å². The third-order valence-corrected chi connectivity index (χ3v) is 5.68. The summed E-state index contributed by atoms with van der Waals surface area (Å²) in [4.78, 5) is 24.7. The molecule has 0 saturated carbocycles.